The largest absolute Gasteiger partial charge is 0.375 e. The first-order chi connectivity index (χ1) is 4.83. The molecule has 0 saturated carbocycles. The molecule has 0 spiro atoms. The number of hydrogen-bond donors (Lipinski definition) is 0. The number of rotatable bonds is 2. The summed E-state index contributed by atoms with van der Waals surface area (Å²) in [6.07, 6.45) is 2.64. The van der Waals surface area contributed by atoms with E-state index in [2.05, 4.69) is 10.0 Å². The Morgan fingerprint density at radius 1 is 1.70 bits per heavy atom. The molecule has 1 aliphatic heterocycles. The van der Waals surface area contributed by atoms with Crippen LogP contribution in [0.5, 0.6) is 0 Å². The first-order valence-electron chi connectivity index (χ1n) is 3.49. The standard InChI is InChI=1S/C6H11N3O/c1-5-2-3-6(10-5)4-8-9-7/h5-6H,2-4H2,1H3. The first kappa shape index (κ1) is 7.38. The van der Waals surface area contributed by atoms with Crippen LogP contribution in [-0.2, 0) is 4.74 Å². The van der Waals surface area contributed by atoms with Crippen LogP contribution in [-0.4, -0.2) is 18.8 Å². The average Bonchev–Trinajstić information content (AvgIpc) is 2.31. The van der Waals surface area contributed by atoms with Gasteiger partial charge < -0.3 is 4.74 Å². The Morgan fingerprint density at radius 3 is 3.00 bits per heavy atom. The molecule has 0 aliphatic carbocycles. The van der Waals surface area contributed by atoms with Crippen molar-refractivity contribution in [1.82, 2.24) is 0 Å². The van der Waals surface area contributed by atoms with E-state index >= 15 is 0 Å². The second-order valence-electron chi connectivity index (χ2n) is 2.56. The van der Waals surface area contributed by atoms with Crippen LogP contribution in [0.15, 0.2) is 5.11 Å². The first-order valence-corrected chi connectivity index (χ1v) is 3.49. The Hall–Kier alpha value is -0.730. The summed E-state index contributed by atoms with van der Waals surface area (Å²) in [7, 11) is 0. The average molecular weight is 141 g/mol. The Labute approximate surface area is 59.8 Å². The van der Waals surface area contributed by atoms with Crippen molar-refractivity contribution in [2.24, 2.45) is 5.11 Å². The molecule has 0 amide bonds. The van der Waals surface area contributed by atoms with Crippen LogP contribution in [0.3, 0.4) is 0 Å². The van der Waals surface area contributed by atoms with Crippen molar-refractivity contribution in [2.45, 2.75) is 32.0 Å². The van der Waals surface area contributed by atoms with E-state index < -0.39 is 0 Å². The highest BCUT2D eigenvalue weighted by Gasteiger charge is 2.20. The molecule has 2 atom stereocenters. The van der Waals surface area contributed by atoms with Gasteiger partial charge in [-0.25, -0.2) is 0 Å². The maximum absolute atomic E-state index is 8.00. The lowest BCUT2D eigenvalue weighted by atomic mass is 10.2. The molecule has 4 heteroatoms. The monoisotopic (exact) mass is 141 g/mol. The van der Waals surface area contributed by atoms with E-state index in [4.69, 9.17) is 10.3 Å². The molecule has 2 unspecified atom stereocenters. The van der Waals surface area contributed by atoms with E-state index in [1.165, 1.54) is 0 Å². The van der Waals surface area contributed by atoms with Crippen molar-refractivity contribution in [3.8, 4) is 0 Å². The van der Waals surface area contributed by atoms with Gasteiger partial charge in [0.2, 0.25) is 0 Å². The van der Waals surface area contributed by atoms with Crippen LogP contribution in [0.25, 0.3) is 10.4 Å². The fraction of sp³-hybridized carbons (Fsp3) is 1.00. The van der Waals surface area contributed by atoms with Crippen LogP contribution in [0.2, 0.25) is 0 Å². The summed E-state index contributed by atoms with van der Waals surface area (Å²) in [6.45, 7) is 2.52. The minimum absolute atomic E-state index is 0.172. The van der Waals surface area contributed by atoms with Crippen molar-refractivity contribution in [2.75, 3.05) is 6.54 Å². The second kappa shape index (κ2) is 3.44. The number of ether oxygens (including phenoxy) is 1. The summed E-state index contributed by atoms with van der Waals surface area (Å²) >= 11 is 0. The lowest BCUT2D eigenvalue weighted by Gasteiger charge is -2.05. The van der Waals surface area contributed by atoms with Crippen molar-refractivity contribution in [3.63, 3.8) is 0 Å². The SMILES string of the molecule is CC1CCC(CN=[N+]=[N-])O1. The fourth-order valence-corrected chi connectivity index (χ4v) is 1.15. The maximum Gasteiger partial charge on any atom is 0.0636 e. The van der Waals surface area contributed by atoms with E-state index in [1.54, 1.807) is 0 Å². The molecule has 56 valence electrons. The predicted molar refractivity (Wildman–Crippen MR) is 37.6 cm³/mol. The molecule has 10 heavy (non-hydrogen) atoms. The molecule has 1 saturated heterocycles. The van der Waals surface area contributed by atoms with Crippen molar-refractivity contribution in [3.05, 3.63) is 10.4 Å². The Morgan fingerprint density at radius 2 is 2.50 bits per heavy atom. The van der Waals surface area contributed by atoms with Crippen LogP contribution in [0.1, 0.15) is 19.8 Å². The van der Waals surface area contributed by atoms with Gasteiger partial charge in [0.15, 0.2) is 0 Å². The van der Waals surface area contributed by atoms with Crippen LogP contribution >= 0.6 is 0 Å². The van der Waals surface area contributed by atoms with Crippen molar-refractivity contribution >= 4 is 0 Å². The zero-order valence-electron chi connectivity index (χ0n) is 6.03. The van der Waals surface area contributed by atoms with Gasteiger partial charge >= 0.3 is 0 Å². The van der Waals surface area contributed by atoms with E-state index in [-0.39, 0.29) is 6.10 Å². The highest BCUT2D eigenvalue weighted by atomic mass is 16.5. The van der Waals surface area contributed by atoms with Gasteiger partial charge in [-0.3, -0.25) is 0 Å². The molecule has 1 heterocycles. The van der Waals surface area contributed by atoms with Gasteiger partial charge in [0, 0.05) is 4.91 Å². The lowest BCUT2D eigenvalue weighted by Crippen LogP contribution is -2.10. The van der Waals surface area contributed by atoms with Crippen molar-refractivity contribution in [1.29, 1.82) is 0 Å². The predicted octanol–water partition coefficient (Wildman–Crippen LogP) is 1.86. The third kappa shape index (κ3) is 1.90. The highest BCUT2D eigenvalue weighted by Crippen LogP contribution is 2.18. The molecule has 0 aromatic rings. The minimum atomic E-state index is 0.172. The van der Waals surface area contributed by atoms with E-state index in [1.807, 2.05) is 6.92 Å². The van der Waals surface area contributed by atoms with Crippen LogP contribution in [0.4, 0.5) is 0 Å². The van der Waals surface area contributed by atoms with Gasteiger partial charge in [-0.15, -0.1) is 0 Å². The van der Waals surface area contributed by atoms with Gasteiger partial charge in [-0.2, -0.15) is 0 Å². The molecule has 4 nitrogen and oxygen atoms in total. The van der Waals surface area contributed by atoms with Crippen molar-refractivity contribution < 1.29 is 4.74 Å². The van der Waals surface area contributed by atoms with Crippen LogP contribution < -0.4 is 0 Å². The summed E-state index contributed by atoms with van der Waals surface area (Å²) in [5, 5.41) is 3.44. The van der Waals surface area contributed by atoms with Gasteiger partial charge in [0.25, 0.3) is 0 Å². The smallest absolute Gasteiger partial charge is 0.0636 e. The third-order valence-electron chi connectivity index (χ3n) is 1.67. The molecule has 0 bridgehead atoms. The van der Waals surface area contributed by atoms with E-state index in [9.17, 15) is 0 Å². The maximum atomic E-state index is 8.00. The molecule has 1 fully saturated rings. The Bertz CT molecular complexity index is 153. The highest BCUT2D eigenvalue weighted by molar-refractivity contribution is 4.72. The lowest BCUT2D eigenvalue weighted by molar-refractivity contribution is 0.0613. The summed E-state index contributed by atoms with van der Waals surface area (Å²) in [4.78, 5) is 2.67. The Kier molecular flexibility index (Phi) is 2.54. The van der Waals surface area contributed by atoms with Crippen LogP contribution in [0, 0.1) is 0 Å². The molecule has 0 aromatic carbocycles. The normalized spacial score (nSPS) is 31.7. The summed E-state index contributed by atoms with van der Waals surface area (Å²) in [5.74, 6) is 0. The molecule has 1 rings (SSSR count). The molecular weight excluding hydrogens is 130 g/mol. The summed E-state index contributed by atoms with van der Waals surface area (Å²) in [6, 6.07) is 0. The minimum Gasteiger partial charge on any atom is -0.375 e. The summed E-state index contributed by atoms with van der Waals surface area (Å²) < 4.78 is 5.40. The second-order valence-corrected chi connectivity index (χ2v) is 2.56. The third-order valence-corrected chi connectivity index (χ3v) is 1.67. The zero-order chi connectivity index (χ0) is 7.40. The molecule has 0 N–H and O–H groups in total. The molecular formula is C6H11N3O. The zero-order valence-corrected chi connectivity index (χ0v) is 6.03. The van der Waals surface area contributed by atoms with Gasteiger partial charge in [0.05, 0.1) is 18.8 Å². The van der Waals surface area contributed by atoms with E-state index in [0.717, 1.165) is 12.8 Å². The van der Waals surface area contributed by atoms with Gasteiger partial charge in [-0.05, 0) is 25.3 Å². The fourth-order valence-electron chi connectivity index (χ4n) is 1.15. The summed E-state index contributed by atoms with van der Waals surface area (Å²) in [5.41, 5.74) is 8.00. The van der Waals surface area contributed by atoms with Gasteiger partial charge in [0.1, 0.15) is 0 Å². The number of nitrogens with zero attached hydrogens (tertiary/aromatic N) is 3. The number of azide groups is 1. The Balaban J connectivity index is 2.24. The van der Waals surface area contributed by atoms with Gasteiger partial charge in [-0.1, -0.05) is 5.11 Å². The molecule has 0 aromatic heterocycles. The quantitative estimate of drug-likeness (QED) is 0.329. The number of hydrogen-bond acceptors (Lipinski definition) is 2. The molecule has 1 aliphatic rings. The van der Waals surface area contributed by atoms with E-state index in [0.29, 0.717) is 12.6 Å². The molecule has 0 radical (unpaired) electrons. The topological polar surface area (TPSA) is 58.0 Å².